The average molecular weight is 1190 g/mol. The van der Waals surface area contributed by atoms with Gasteiger partial charge in [0.05, 0.1) is 42.9 Å². The average Bonchev–Trinajstić information content (AvgIpc) is 4.25. The minimum atomic E-state index is -4.95. The first-order chi connectivity index (χ1) is 37.2. The first kappa shape index (κ1) is 60.4. The lowest BCUT2D eigenvalue weighted by molar-refractivity contribution is -0.144. The Bertz CT molecular complexity index is 2880. The number of rotatable bonds is 19. The molecular weight excluding hydrogens is 1130 g/mol. The Morgan fingerprint density at radius 1 is 0.481 bits per heavy atom. The minimum absolute atomic E-state index is 0.0632. The summed E-state index contributed by atoms with van der Waals surface area (Å²) in [4.78, 5) is 19.1. The van der Waals surface area contributed by atoms with E-state index in [2.05, 4.69) is 61.5 Å². The predicted molar refractivity (Wildman–Crippen MR) is 276 cm³/mol. The highest BCUT2D eigenvalue weighted by Crippen LogP contribution is 2.40. The van der Waals surface area contributed by atoms with Crippen molar-refractivity contribution >= 4 is 39.5 Å². The second-order valence-electron chi connectivity index (χ2n) is 19.9. The molecule has 27 heteroatoms. The van der Waals surface area contributed by atoms with Crippen molar-refractivity contribution < 1.29 is 52.7 Å². The number of aromatic nitrogens is 10. The molecule has 0 spiro atoms. The zero-order chi connectivity index (χ0) is 57.5. The van der Waals surface area contributed by atoms with E-state index in [9.17, 15) is 52.7 Å². The highest BCUT2D eigenvalue weighted by atomic mass is 79.9. The summed E-state index contributed by atoms with van der Waals surface area (Å²) in [5.41, 5.74) is -3.38. The number of alkyl halides is 12. The molecule has 6 aromatic rings. The lowest BCUT2D eigenvalue weighted by Crippen LogP contribution is -2.32. The van der Waals surface area contributed by atoms with Crippen molar-refractivity contribution in [2.75, 3.05) is 45.8 Å². The lowest BCUT2D eigenvalue weighted by Gasteiger charge is -2.29. The highest BCUT2D eigenvalue weighted by molar-refractivity contribution is 9.10. The second kappa shape index (κ2) is 25.4. The molecule has 2 saturated carbocycles. The lowest BCUT2D eigenvalue weighted by atomic mass is 10.0. The fraction of sp³-hybridized carbons (Fsp3) is 0.538. The molecule has 4 aromatic heterocycles. The maximum atomic E-state index is 13.5. The van der Waals surface area contributed by atoms with E-state index in [1.54, 1.807) is 6.20 Å². The maximum Gasteiger partial charge on any atom is 0.416 e. The Morgan fingerprint density at radius 3 is 1.18 bits per heavy atom. The van der Waals surface area contributed by atoms with Crippen LogP contribution in [0.2, 0.25) is 0 Å². The molecule has 2 aliphatic carbocycles. The summed E-state index contributed by atoms with van der Waals surface area (Å²) in [5.74, 6) is 2.66. The number of nitrogens with zero attached hydrogens (tertiary/aromatic N) is 14. The molecule has 0 aliphatic heterocycles. The normalized spacial score (nSPS) is 14.7. The van der Waals surface area contributed by atoms with Gasteiger partial charge in [0.2, 0.25) is 0 Å². The monoisotopic (exact) mass is 1190 g/mol. The van der Waals surface area contributed by atoms with Gasteiger partial charge in [-0.3, -0.25) is 0 Å². The summed E-state index contributed by atoms with van der Waals surface area (Å²) in [7, 11) is 3.05. The van der Waals surface area contributed by atoms with Gasteiger partial charge in [0.1, 0.15) is 11.6 Å². The molecule has 0 radical (unpaired) electrons. The Hall–Kier alpha value is -6.28. The number of tetrazole rings is 2. The molecule has 430 valence electrons. The van der Waals surface area contributed by atoms with Crippen LogP contribution in [-0.4, -0.2) is 76.6 Å². The van der Waals surface area contributed by atoms with Crippen molar-refractivity contribution in [1.82, 2.24) is 50.4 Å². The second-order valence-corrected chi connectivity index (χ2v) is 20.8. The molecule has 2 aliphatic rings. The molecule has 0 atom stereocenters. The van der Waals surface area contributed by atoms with E-state index in [4.69, 9.17) is 4.98 Å². The molecule has 0 amide bonds. The van der Waals surface area contributed by atoms with Crippen molar-refractivity contribution in [3.05, 3.63) is 115 Å². The van der Waals surface area contributed by atoms with Crippen molar-refractivity contribution in [2.24, 2.45) is 25.9 Å². The van der Waals surface area contributed by atoms with E-state index in [-0.39, 0.29) is 61.3 Å². The van der Waals surface area contributed by atoms with Gasteiger partial charge in [-0.05, 0) is 149 Å². The Labute approximate surface area is 457 Å². The summed E-state index contributed by atoms with van der Waals surface area (Å²) in [6, 6.07) is 6.98. The van der Waals surface area contributed by atoms with Gasteiger partial charge in [0.25, 0.3) is 11.9 Å². The van der Waals surface area contributed by atoms with Crippen LogP contribution in [-0.2, 0) is 71.4 Å². The van der Waals surface area contributed by atoms with Crippen LogP contribution in [0.4, 0.5) is 76.2 Å². The maximum absolute atomic E-state index is 13.5. The van der Waals surface area contributed by atoms with Crippen LogP contribution in [0.3, 0.4) is 0 Å². The third-order valence-corrected chi connectivity index (χ3v) is 14.3. The van der Waals surface area contributed by atoms with Gasteiger partial charge in [-0.15, -0.1) is 10.2 Å². The summed E-state index contributed by atoms with van der Waals surface area (Å²) in [6.45, 7) is 8.63. The van der Waals surface area contributed by atoms with Crippen LogP contribution < -0.4 is 19.6 Å². The number of hydrogen-bond acceptors (Lipinski definition) is 12. The first-order valence-electron chi connectivity index (χ1n) is 25.9. The largest absolute Gasteiger partial charge is 0.416 e. The molecule has 79 heavy (non-hydrogen) atoms. The molecule has 8 rings (SSSR count). The van der Waals surface area contributed by atoms with Crippen LogP contribution in [0.25, 0.3) is 0 Å². The molecule has 0 bridgehead atoms. The van der Waals surface area contributed by atoms with Crippen LogP contribution >= 0.6 is 15.9 Å². The Kier molecular flexibility index (Phi) is 19.4. The van der Waals surface area contributed by atoms with E-state index in [1.807, 2.05) is 39.1 Å². The van der Waals surface area contributed by atoms with E-state index in [1.165, 1.54) is 59.2 Å². The van der Waals surface area contributed by atoms with Gasteiger partial charge < -0.3 is 19.6 Å². The van der Waals surface area contributed by atoms with Gasteiger partial charge in [-0.1, -0.05) is 42.8 Å². The highest BCUT2D eigenvalue weighted by Gasteiger charge is 2.39. The molecular formula is C52H61BrF12N14. The summed E-state index contributed by atoms with van der Waals surface area (Å²) >= 11 is 3.44. The van der Waals surface area contributed by atoms with Gasteiger partial charge in [-0.2, -0.15) is 62.3 Å². The van der Waals surface area contributed by atoms with E-state index >= 15 is 0 Å². The standard InChI is InChI=1S/C27H33F6N7.C25H28BrF6N7/c1-4-18-10-21(24(34-14-18)39(5-2)15-19-8-6-7-9-19)17-40(25-35-37-38(3)36-25)16-20-11-22(26(28,29)30)13-23(12-20)27(31,32)33;1-3-38(13-16-6-4-5-7-16)22-18(10-21(26)12-33-22)15-39(23-34-36-37(2)35-23)14-17-8-19(24(27,28)29)11-20(9-17)25(30,31)32/h10-14,19H,4-9,15-17H2,1-3H3;8-12,16H,3-7,13-15H2,1-2H3. The SMILES string of the molecule is CCN(CC1CCCC1)c1ncc(Br)cc1CN(Cc1cc(C(F)(F)F)cc(C(F)(F)F)c1)c1nnn(C)n1.CCc1cnc(N(CC)CC2CCCC2)c(CN(Cc2cc(C(F)(F)F)cc(C(F)(F)F)c2)c2nnn(C)n2)c1. The van der Waals surface area contributed by atoms with Gasteiger partial charge in [-0.25, -0.2) is 9.97 Å². The number of benzene rings is 2. The van der Waals surface area contributed by atoms with Gasteiger partial charge >= 0.3 is 24.7 Å². The van der Waals surface area contributed by atoms with Crippen LogP contribution in [0.15, 0.2) is 65.4 Å². The van der Waals surface area contributed by atoms with E-state index in [0.29, 0.717) is 41.6 Å². The fourth-order valence-corrected chi connectivity index (χ4v) is 10.4. The number of anilines is 4. The smallest absolute Gasteiger partial charge is 0.356 e. The first-order valence-corrected chi connectivity index (χ1v) is 26.7. The molecule has 4 heterocycles. The minimum Gasteiger partial charge on any atom is -0.356 e. The molecule has 0 saturated heterocycles. The zero-order valence-electron chi connectivity index (χ0n) is 44.1. The summed E-state index contributed by atoms with van der Waals surface area (Å²) in [6.07, 6.45) is -6.28. The van der Waals surface area contributed by atoms with Gasteiger partial charge in [0.15, 0.2) is 0 Å². The van der Waals surface area contributed by atoms with Crippen molar-refractivity contribution in [1.29, 1.82) is 0 Å². The molecule has 0 unspecified atom stereocenters. The van der Waals surface area contributed by atoms with E-state index < -0.39 is 47.0 Å². The van der Waals surface area contributed by atoms with Crippen LogP contribution in [0, 0.1) is 11.8 Å². The number of aryl methyl sites for hydroxylation is 3. The number of pyridine rings is 2. The molecule has 2 aromatic carbocycles. The van der Waals surface area contributed by atoms with E-state index in [0.717, 1.165) is 85.5 Å². The third-order valence-electron chi connectivity index (χ3n) is 13.9. The van der Waals surface area contributed by atoms with Crippen LogP contribution in [0.5, 0.6) is 0 Å². The Morgan fingerprint density at radius 2 is 0.848 bits per heavy atom. The molecule has 2 fully saturated rings. The quantitative estimate of drug-likeness (QED) is 0.0717. The molecule has 0 N–H and O–H groups in total. The zero-order valence-corrected chi connectivity index (χ0v) is 45.7. The van der Waals surface area contributed by atoms with Crippen LogP contribution in [0.1, 0.15) is 122 Å². The Balaban J connectivity index is 0.000000229. The van der Waals surface area contributed by atoms with Crippen molar-refractivity contribution in [3.63, 3.8) is 0 Å². The fourth-order valence-electron chi connectivity index (χ4n) is 10.0. The van der Waals surface area contributed by atoms with Gasteiger partial charge in [0, 0.05) is 73.8 Å². The predicted octanol–water partition coefficient (Wildman–Crippen LogP) is 13.1. The number of halogens is 13. The summed E-state index contributed by atoms with van der Waals surface area (Å²) < 4.78 is 163. The molecule has 14 nitrogen and oxygen atoms in total. The van der Waals surface area contributed by atoms with Crippen molar-refractivity contribution in [3.8, 4) is 0 Å². The summed E-state index contributed by atoms with van der Waals surface area (Å²) in [5, 5.41) is 24.0. The topological polar surface area (TPSA) is 126 Å². The number of hydrogen-bond donors (Lipinski definition) is 0. The van der Waals surface area contributed by atoms with Crippen molar-refractivity contribution in [2.45, 2.75) is 129 Å². The third kappa shape index (κ3) is 16.4.